The second-order valence-electron chi connectivity index (χ2n) is 6.49. The molecule has 25 heavy (non-hydrogen) atoms. The molecule has 1 aliphatic rings. The van der Waals surface area contributed by atoms with Crippen LogP contribution in [0.5, 0.6) is 0 Å². The van der Waals surface area contributed by atoms with Gasteiger partial charge in [0.1, 0.15) is 0 Å². The predicted molar refractivity (Wildman–Crippen MR) is 99.0 cm³/mol. The van der Waals surface area contributed by atoms with Crippen LogP contribution >= 0.6 is 23.4 Å². The first-order valence-corrected chi connectivity index (χ1v) is 9.81. The number of hydrogen-bond donors (Lipinski definition) is 1. The molecule has 0 spiro atoms. The van der Waals surface area contributed by atoms with Gasteiger partial charge >= 0.3 is 0 Å². The third-order valence-corrected chi connectivity index (χ3v) is 5.89. The summed E-state index contributed by atoms with van der Waals surface area (Å²) in [6, 6.07) is 7.53. The highest BCUT2D eigenvalue weighted by Gasteiger charge is 2.26. The molecule has 134 valence electrons. The summed E-state index contributed by atoms with van der Waals surface area (Å²) >= 11 is 7.28. The van der Waals surface area contributed by atoms with Crippen molar-refractivity contribution in [2.24, 2.45) is 5.92 Å². The van der Waals surface area contributed by atoms with Gasteiger partial charge in [0.25, 0.3) is 0 Å². The highest BCUT2D eigenvalue weighted by atomic mass is 35.5. The van der Waals surface area contributed by atoms with Crippen molar-refractivity contribution in [3.05, 3.63) is 29.3 Å². The van der Waals surface area contributed by atoms with E-state index in [2.05, 4.69) is 27.8 Å². The number of tetrazole rings is 1. The normalized spacial score (nSPS) is 21.7. The zero-order valence-corrected chi connectivity index (χ0v) is 15.9. The van der Waals surface area contributed by atoms with Crippen LogP contribution in [0.15, 0.2) is 29.4 Å². The summed E-state index contributed by atoms with van der Waals surface area (Å²) in [5.74, 6) is 0.573. The molecule has 8 heteroatoms. The van der Waals surface area contributed by atoms with Gasteiger partial charge in [-0.3, -0.25) is 4.79 Å². The zero-order valence-electron chi connectivity index (χ0n) is 14.4. The molecule has 0 saturated heterocycles. The van der Waals surface area contributed by atoms with Crippen molar-refractivity contribution in [3.63, 3.8) is 0 Å². The maximum Gasteiger partial charge on any atom is 0.233 e. The summed E-state index contributed by atoms with van der Waals surface area (Å²) in [5.41, 5.74) is 0.811. The van der Waals surface area contributed by atoms with Crippen molar-refractivity contribution in [2.45, 2.75) is 56.0 Å². The SMILES string of the molecule is C[C@@H]1CCCC[C@@H]1NC(=O)[C@@H](C)Sc1nnnn1-c1ccc(Cl)cc1. The van der Waals surface area contributed by atoms with Crippen molar-refractivity contribution >= 4 is 29.3 Å². The Balaban J connectivity index is 1.65. The number of thioether (sulfide) groups is 1. The zero-order chi connectivity index (χ0) is 17.8. The first-order valence-electron chi connectivity index (χ1n) is 8.56. The molecule has 2 aromatic rings. The van der Waals surface area contributed by atoms with E-state index >= 15 is 0 Å². The van der Waals surface area contributed by atoms with Gasteiger partial charge in [-0.1, -0.05) is 43.1 Å². The fourth-order valence-electron chi connectivity index (χ4n) is 3.04. The van der Waals surface area contributed by atoms with Crippen LogP contribution in [0, 0.1) is 5.92 Å². The third kappa shape index (κ3) is 4.52. The number of amides is 1. The minimum absolute atomic E-state index is 0.0365. The van der Waals surface area contributed by atoms with Crippen LogP contribution in [-0.4, -0.2) is 37.4 Å². The second-order valence-corrected chi connectivity index (χ2v) is 8.23. The van der Waals surface area contributed by atoms with E-state index in [1.54, 1.807) is 16.8 Å². The minimum Gasteiger partial charge on any atom is -0.352 e. The summed E-state index contributed by atoms with van der Waals surface area (Å²) in [6.45, 7) is 4.09. The summed E-state index contributed by atoms with van der Waals surface area (Å²) in [5, 5.41) is 16.0. The van der Waals surface area contributed by atoms with Crippen LogP contribution in [0.3, 0.4) is 0 Å². The lowest BCUT2D eigenvalue weighted by Crippen LogP contribution is -2.44. The van der Waals surface area contributed by atoms with Gasteiger partial charge in [0.05, 0.1) is 10.9 Å². The lowest BCUT2D eigenvalue weighted by molar-refractivity contribution is -0.121. The molecule has 0 aliphatic heterocycles. The molecule has 3 atom stereocenters. The smallest absolute Gasteiger partial charge is 0.233 e. The molecule has 0 radical (unpaired) electrons. The molecule has 0 bridgehead atoms. The maximum atomic E-state index is 12.5. The van der Waals surface area contributed by atoms with Crippen molar-refractivity contribution in [1.82, 2.24) is 25.5 Å². The number of benzene rings is 1. The average Bonchev–Trinajstić information content (AvgIpc) is 3.05. The van der Waals surface area contributed by atoms with E-state index in [1.165, 1.54) is 31.0 Å². The number of carbonyl (C=O) groups excluding carboxylic acids is 1. The Morgan fingerprint density at radius 3 is 2.76 bits per heavy atom. The Bertz CT molecular complexity index is 720. The van der Waals surface area contributed by atoms with Crippen LogP contribution < -0.4 is 5.32 Å². The molecule has 1 aromatic carbocycles. The molecular weight excluding hydrogens is 358 g/mol. The van der Waals surface area contributed by atoms with E-state index in [9.17, 15) is 4.79 Å². The van der Waals surface area contributed by atoms with Crippen molar-refractivity contribution in [3.8, 4) is 5.69 Å². The number of nitrogens with one attached hydrogen (secondary N) is 1. The lowest BCUT2D eigenvalue weighted by atomic mass is 9.86. The average molecular weight is 380 g/mol. The highest BCUT2D eigenvalue weighted by molar-refractivity contribution is 8.00. The van der Waals surface area contributed by atoms with E-state index in [0.29, 0.717) is 16.1 Å². The van der Waals surface area contributed by atoms with Crippen LogP contribution in [-0.2, 0) is 4.79 Å². The van der Waals surface area contributed by atoms with Gasteiger partial charge in [0.15, 0.2) is 0 Å². The van der Waals surface area contributed by atoms with E-state index in [0.717, 1.165) is 12.1 Å². The lowest BCUT2D eigenvalue weighted by Gasteiger charge is -2.30. The van der Waals surface area contributed by atoms with Gasteiger partial charge in [-0.2, -0.15) is 4.68 Å². The van der Waals surface area contributed by atoms with E-state index < -0.39 is 0 Å². The van der Waals surface area contributed by atoms with E-state index in [4.69, 9.17) is 11.6 Å². The van der Waals surface area contributed by atoms with E-state index in [1.807, 2.05) is 19.1 Å². The van der Waals surface area contributed by atoms with E-state index in [-0.39, 0.29) is 17.2 Å². The number of rotatable bonds is 5. The number of hydrogen-bond acceptors (Lipinski definition) is 5. The molecule has 0 unspecified atom stereocenters. The molecular formula is C17H22ClN5OS. The topological polar surface area (TPSA) is 72.7 Å². The molecule has 1 amide bonds. The first-order chi connectivity index (χ1) is 12.0. The minimum atomic E-state index is -0.272. The van der Waals surface area contributed by atoms with Crippen molar-refractivity contribution in [2.75, 3.05) is 0 Å². The van der Waals surface area contributed by atoms with Crippen LogP contribution in [0.25, 0.3) is 5.69 Å². The Kier molecular flexibility index (Phi) is 5.96. The molecule has 1 fully saturated rings. The Labute approximate surface area is 156 Å². The standard InChI is InChI=1S/C17H22ClN5OS/c1-11-5-3-4-6-15(11)19-16(24)12(2)25-17-20-21-22-23(17)14-9-7-13(18)8-10-14/h7-12,15H,3-6H2,1-2H3,(H,19,24)/t11-,12-,15+/m1/s1. The molecule has 1 aromatic heterocycles. The number of halogens is 1. The fourth-order valence-corrected chi connectivity index (χ4v) is 3.98. The number of aromatic nitrogens is 4. The summed E-state index contributed by atoms with van der Waals surface area (Å²) in [7, 11) is 0. The molecule has 1 saturated carbocycles. The van der Waals surface area contributed by atoms with Gasteiger partial charge in [0, 0.05) is 11.1 Å². The molecule has 1 aliphatic carbocycles. The predicted octanol–water partition coefficient (Wildman–Crippen LogP) is 3.49. The first kappa shape index (κ1) is 18.2. The summed E-state index contributed by atoms with van der Waals surface area (Å²) in [4.78, 5) is 12.5. The number of carbonyl (C=O) groups is 1. The van der Waals surface area contributed by atoms with Crippen molar-refractivity contribution in [1.29, 1.82) is 0 Å². The summed E-state index contributed by atoms with van der Waals surface area (Å²) in [6.07, 6.45) is 4.69. The third-order valence-electron chi connectivity index (χ3n) is 4.60. The van der Waals surface area contributed by atoms with Gasteiger partial charge < -0.3 is 5.32 Å². The Morgan fingerprint density at radius 1 is 1.32 bits per heavy atom. The fraction of sp³-hybridized carbons (Fsp3) is 0.529. The van der Waals surface area contributed by atoms with Crippen LogP contribution in [0.4, 0.5) is 0 Å². The highest BCUT2D eigenvalue weighted by Crippen LogP contribution is 2.26. The summed E-state index contributed by atoms with van der Waals surface area (Å²) < 4.78 is 1.62. The number of nitrogens with zero attached hydrogens (tertiary/aromatic N) is 4. The Morgan fingerprint density at radius 2 is 2.04 bits per heavy atom. The molecule has 1 heterocycles. The quantitative estimate of drug-likeness (QED) is 0.805. The maximum absolute atomic E-state index is 12.5. The largest absolute Gasteiger partial charge is 0.352 e. The van der Waals surface area contributed by atoms with Crippen LogP contribution in [0.2, 0.25) is 5.02 Å². The second kappa shape index (κ2) is 8.19. The molecule has 6 nitrogen and oxygen atoms in total. The van der Waals surface area contributed by atoms with Gasteiger partial charge in [-0.05, 0) is 60.4 Å². The van der Waals surface area contributed by atoms with Gasteiger partial charge in [0.2, 0.25) is 11.1 Å². The van der Waals surface area contributed by atoms with Gasteiger partial charge in [-0.15, -0.1) is 5.10 Å². The van der Waals surface area contributed by atoms with Crippen molar-refractivity contribution < 1.29 is 4.79 Å². The molecule has 3 rings (SSSR count). The van der Waals surface area contributed by atoms with Crippen LogP contribution in [0.1, 0.15) is 39.5 Å². The molecule has 1 N–H and O–H groups in total. The monoisotopic (exact) mass is 379 g/mol. The Hall–Kier alpha value is -1.60. The van der Waals surface area contributed by atoms with Gasteiger partial charge in [-0.25, -0.2) is 0 Å².